The summed E-state index contributed by atoms with van der Waals surface area (Å²) in [5.74, 6) is -0.588. The van der Waals surface area contributed by atoms with Gasteiger partial charge < -0.3 is 10.3 Å². The van der Waals surface area contributed by atoms with Gasteiger partial charge in [0.2, 0.25) is 0 Å². The fourth-order valence-electron chi connectivity index (χ4n) is 2.00. The normalized spacial score (nSPS) is 10.4. The maximum atomic E-state index is 11.3. The third-order valence-electron chi connectivity index (χ3n) is 2.95. The minimum Gasteiger partial charge on any atom is -0.365 e. The van der Waals surface area contributed by atoms with E-state index in [9.17, 15) is 4.79 Å². The van der Waals surface area contributed by atoms with Gasteiger partial charge in [-0.2, -0.15) is 0 Å². The predicted octanol–water partition coefficient (Wildman–Crippen LogP) is 2.41. The first-order chi connectivity index (χ1) is 9.04. The highest BCUT2D eigenvalue weighted by Gasteiger charge is 2.10. The van der Waals surface area contributed by atoms with Crippen molar-refractivity contribution in [1.29, 1.82) is 5.41 Å². The first-order valence-corrected chi connectivity index (χ1v) is 6.26. The molecule has 0 aliphatic rings. The molecule has 19 heavy (non-hydrogen) atoms. The third kappa shape index (κ3) is 2.53. The van der Waals surface area contributed by atoms with Gasteiger partial charge >= 0.3 is 0 Å². The number of benzene rings is 1. The summed E-state index contributed by atoms with van der Waals surface area (Å²) in [6, 6.07) is 10.7. The van der Waals surface area contributed by atoms with Gasteiger partial charge in [0.1, 0.15) is 5.49 Å². The number of pyridine rings is 1. The quantitative estimate of drug-likeness (QED) is 0.887. The van der Waals surface area contributed by atoms with E-state index in [1.54, 1.807) is 28.8 Å². The van der Waals surface area contributed by atoms with Crippen molar-refractivity contribution in [2.45, 2.75) is 13.5 Å². The zero-order valence-electron chi connectivity index (χ0n) is 10.5. The molecule has 1 aromatic carbocycles. The largest absolute Gasteiger partial charge is 0.365 e. The highest BCUT2D eigenvalue weighted by molar-refractivity contribution is 6.30. The number of hydrogen-bond acceptors (Lipinski definition) is 2. The molecule has 1 aromatic heterocycles. The summed E-state index contributed by atoms with van der Waals surface area (Å²) in [4.78, 5) is 11.3. The second-order valence-corrected chi connectivity index (χ2v) is 4.53. The van der Waals surface area contributed by atoms with Crippen LogP contribution >= 0.6 is 11.6 Å². The van der Waals surface area contributed by atoms with Crippen LogP contribution in [0.25, 0.3) is 11.3 Å². The first-order valence-electron chi connectivity index (χ1n) is 5.88. The van der Waals surface area contributed by atoms with E-state index >= 15 is 0 Å². The van der Waals surface area contributed by atoms with Gasteiger partial charge in [-0.05, 0) is 36.8 Å². The lowest BCUT2D eigenvalue weighted by Gasteiger charge is -2.13. The highest BCUT2D eigenvalue weighted by atomic mass is 35.5. The Morgan fingerprint density at radius 1 is 1.26 bits per heavy atom. The summed E-state index contributed by atoms with van der Waals surface area (Å²) in [7, 11) is 0. The molecule has 0 atom stereocenters. The number of primary amides is 1. The molecule has 0 saturated carbocycles. The number of rotatable bonds is 3. The van der Waals surface area contributed by atoms with Crippen LogP contribution in [0.4, 0.5) is 0 Å². The van der Waals surface area contributed by atoms with Crippen molar-refractivity contribution in [3.63, 3.8) is 0 Å². The van der Waals surface area contributed by atoms with Crippen molar-refractivity contribution in [3.05, 3.63) is 52.5 Å². The highest BCUT2D eigenvalue weighted by Crippen LogP contribution is 2.20. The van der Waals surface area contributed by atoms with Gasteiger partial charge in [0.15, 0.2) is 0 Å². The number of nitrogens with one attached hydrogen (secondary N) is 1. The summed E-state index contributed by atoms with van der Waals surface area (Å²) in [6.07, 6.45) is 0. The third-order valence-corrected chi connectivity index (χ3v) is 3.20. The van der Waals surface area contributed by atoms with E-state index in [0.29, 0.717) is 11.6 Å². The van der Waals surface area contributed by atoms with E-state index in [1.165, 1.54) is 0 Å². The zero-order chi connectivity index (χ0) is 14.0. The molecule has 0 radical (unpaired) electrons. The summed E-state index contributed by atoms with van der Waals surface area (Å²) in [6.45, 7) is 2.50. The second kappa shape index (κ2) is 5.28. The molecule has 0 saturated heterocycles. The Bertz CT molecular complexity index is 674. The molecule has 0 aliphatic carbocycles. The Kier molecular flexibility index (Phi) is 3.71. The van der Waals surface area contributed by atoms with Crippen LogP contribution in [0.5, 0.6) is 0 Å². The Labute approximate surface area is 116 Å². The van der Waals surface area contributed by atoms with E-state index in [4.69, 9.17) is 22.7 Å². The van der Waals surface area contributed by atoms with E-state index in [0.717, 1.165) is 11.3 Å². The molecule has 3 N–H and O–H groups in total. The molecule has 0 aliphatic heterocycles. The van der Waals surface area contributed by atoms with Crippen molar-refractivity contribution in [3.8, 4) is 11.3 Å². The SMILES string of the molecule is CCn1c(-c2ccc(Cl)cc2)ccc(C(N)=O)c1=N. The fourth-order valence-corrected chi connectivity index (χ4v) is 2.12. The second-order valence-electron chi connectivity index (χ2n) is 4.10. The van der Waals surface area contributed by atoms with Gasteiger partial charge in [0.25, 0.3) is 5.91 Å². The van der Waals surface area contributed by atoms with Crippen molar-refractivity contribution < 1.29 is 4.79 Å². The van der Waals surface area contributed by atoms with Gasteiger partial charge in [-0.15, -0.1) is 0 Å². The maximum Gasteiger partial charge on any atom is 0.252 e. The van der Waals surface area contributed by atoms with Gasteiger partial charge in [-0.25, -0.2) is 0 Å². The molecule has 1 amide bonds. The van der Waals surface area contributed by atoms with Gasteiger partial charge in [0.05, 0.1) is 5.56 Å². The summed E-state index contributed by atoms with van der Waals surface area (Å²) in [5.41, 5.74) is 7.40. The minimum absolute atomic E-state index is 0.127. The number of nitrogens with zero attached hydrogens (tertiary/aromatic N) is 1. The molecule has 2 rings (SSSR count). The van der Waals surface area contributed by atoms with Crippen LogP contribution in [0, 0.1) is 5.41 Å². The Balaban J connectivity index is 2.65. The van der Waals surface area contributed by atoms with Crippen LogP contribution in [0.15, 0.2) is 36.4 Å². The van der Waals surface area contributed by atoms with Crippen LogP contribution in [-0.2, 0) is 6.54 Å². The van der Waals surface area contributed by atoms with Gasteiger partial charge in [-0.3, -0.25) is 10.2 Å². The van der Waals surface area contributed by atoms with Gasteiger partial charge in [0, 0.05) is 17.3 Å². The van der Waals surface area contributed by atoms with Crippen LogP contribution in [0.3, 0.4) is 0 Å². The topological polar surface area (TPSA) is 71.9 Å². The number of carbonyl (C=O) groups excluding carboxylic acids is 1. The lowest BCUT2D eigenvalue weighted by atomic mass is 10.1. The minimum atomic E-state index is -0.588. The average molecular weight is 276 g/mol. The maximum absolute atomic E-state index is 11.3. The molecule has 2 aromatic rings. The summed E-state index contributed by atoms with van der Waals surface area (Å²) < 4.78 is 1.74. The lowest BCUT2D eigenvalue weighted by molar-refractivity contribution is 0.0998. The number of amides is 1. The Morgan fingerprint density at radius 2 is 1.89 bits per heavy atom. The van der Waals surface area contributed by atoms with Gasteiger partial charge in [-0.1, -0.05) is 23.7 Å². The molecule has 0 unspecified atom stereocenters. The van der Waals surface area contributed by atoms with E-state index in [1.807, 2.05) is 19.1 Å². The molecule has 0 spiro atoms. The average Bonchev–Trinajstić information content (AvgIpc) is 2.38. The summed E-state index contributed by atoms with van der Waals surface area (Å²) in [5, 5.41) is 8.70. The lowest BCUT2D eigenvalue weighted by Crippen LogP contribution is -2.30. The van der Waals surface area contributed by atoms with Crippen LogP contribution < -0.4 is 11.2 Å². The Hall–Kier alpha value is -2.07. The van der Waals surface area contributed by atoms with Crippen molar-refractivity contribution in [2.24, 2.45) is 5.73 Å². The first kappa shape index (κ1) is 13.4. The molecule has 1 heterocycles. The fraction of sp³-hybridized carbons (Fsp3) is 0.143. The number of carbonyl (C=O) groups is 1. The van der Waals surface area contributed by atoms with E-state index in [2.05, 4.69) is 0 Å². The zero-order valence-corrected chi connectivity index (χ0v) is 11.2. The molecule has 0 bridgehead atoms. The van der Waals surface area contributed by atoms with E-state index in [-0.39, 0.29) is 11.1 Å². The smallest absolute Gasteiger partial charge is 0.252 e. The van der Waals surface area contributed by atoms with Crippen LogP contribution in [0.1, 0.15) is 17.3 Å². The molecule has 0 fully saturated rings. The van der Waals surface area contributed by atoms with Crippen molar-refractivity contribution in [1.82, 2.24) is 4.57 Å². The molecular formula is C14H14ClN3O. The standard InChI is InChI=1S/C14H14ClN3O/c1-2-18-12(9-3-5-10(15)6-4-9)8-7-11(13(18)16)14(17)19/h3-8,16H,2H2,1H3,(H2,17,19). The molecular weight excluding hydrogens is 262 g/mol. The monoisotopic (exact) mass is 275 g/mol. The molecule has 98 valence electrons. The van der Waals surface area contributed by atoms with Crippen molar-refractivity contribution >= 4 is 17.5 Å². The predicted molar refractivity (Wildman–Crippen MR) is 74.9 cm³/mol. The number of nitrogens with two attached hydrogens (primary N) is 1. The van der Waals surface area contributed by atoms with Crippen LogP contribution in [0.2, 0.25) is 5.02 Å². The number of halogens is 1. The summed E-state index contributed by atoms with van der Waals surface area (Å²) >= 11 is 5.87. The number of hydrogen-bond donors (Lipinski definition) is 2. The molecule has 4 nitrogen and oxygen atoms in total. The van der Waals surface area contributed by atoms with Crippen LogP contribution in [-0.4, -0.2) is 10.5 Å². The molecule has 5 heteroatoms. The Morgan fingerprint density at radius 3 is 2.42 bits per heavy atom. The van der Waals surface area contributed by atoms with Crippen molar-refractivity contribution in [2.75, 3.05) is 0 Å². The number of aromatic nitrogens is 1. The van der Waals surface area contributed by atoms with E-state index < -0.39 is 5.91 Å².